The molecule has 0 aliphatic heterocycles. The zero-order chi connectivity index (χ0) is 19.8. The van der Waals surface area contributed by atoms with Gasteiger partial charge in [-0.1, -0.05) is 30.3 Å². The highest BCUT2D eigenvalue weighted by Crippen LogP contribution is 2.32. The molecule has 28 heavy (non-hydrogen) atoms. The van der Waals surface area contributed by atoms with E-state index in [1.807, 2.05) is 0 Å². The summed E-state index contributed by atoms with van der Waals surface area (Å²) in [6.45, 7) is 0.654. The zero-order valence-electron chi connectivity index (χ0n) is 15.7. The molecule has 0 aromatic heterocycles. The van der Waals surface area contributed by atoms with Gasteiger partial charge in [0.2, 0.25) is 0 Å². The number of aliphatic carboxylic acids is 1. The lowest BCUT2D eigenvalue weighted by molar-refractivity contribution is -0.139. The number of carbonyl (C=O) groups is 2. The molecule has 6 heteroatoms. The second kappa shape index (κ2) is 9.90. The van der Waals surface area contributed by atoms with E-state index in [2.05, 4.69) is 29.6 Å². The van der Waals surface area contributed by atoms with E-state index in [0.717, 1.165) is 25.7 Å². The Morgan fingerprint density at radius 2 is 2.00 bits per heavy atom. The first-order valence-electron chi connectivity index (χ1n) is 9.56. The Bertz CT molecular complexity index is 820. The van der Waals surface area contributed by atoms with Crippen LogP contribution in [0.15, 0.2) is 48.5 Å². The van der Waals surface area contributed by atoms with Crippen molar-refractivity contribution in [3.05, 3.63) is 65.2 Å². The molecule has 3 rings (SSSR count). The minimum Gasteiger partial charge on any atom is -0.482 e. The van der Waals surface area contributed by atoms with Gasteiger partial charge in [-0.3, -0.25) is 4.79 Å². The molecule has 6 nitrogen and oxygen atoms in total. The van der Waals surface area contributed by atoms with E-state index < -0.39 is 12.6 Å². The molecule has 0 heterocycles. The Balaban J connectivity index is 1.40. The number of benzene rings is 2. The Morgan fingerprint density at radius 1 is 1.14 bits per heavy atom. The molecule has 1 amide bonds. The maximum absolute atomic E-state index is 12.2. The first kappa shape index (κ1) is 19.9. The summed E-state index contributed by atoms with van der Waals surface area (Å²) in [6.07, 6.45) is 4.15. The summed E-state index contributed by atoms with van der Waals surface area (Å²) in [5.74, 6) is -0.923. The van der Waals surface area contributed by atoms with Gasteiger partial charge in [0, 0.05) is 18.7 Å². The molecule has 0 radical (unpaired) electrons. The van der Waals surface area contributed by atoms with Gasteiger partial charge in [0.1, 0.15) is 5.75 Å². The third-order valence-electron chi connectivity index (χ3n) is 4.70. The minimum absolute atomic E-state index is 0.142. The van der Waals surface area contributed by atoms with E-state index in [1.54, 1.807) is 18.2 Å². The van der Waals surface area contributed by atoms with Crippen LogP contribution in [0.3, 0.4) is 0 Å². The number of carbonyl (C=O) groups excluding carboxylic acids is 1. The molecule has 2 N–H and O–H groups in total. The Labute approximate surface area is 164 Å². The van der Waals surface area contributed by atoms with E-state index >= 15 is 0 Å². The summed E-state index contributed by atoms with van der Waals surface area (Å²) in [5, 5.41) is 11.5. The topological polar surface area (TPSA) is 84.9 Å². The number of rotatable bonds is 9. The Kier molecular flexibility index (Phi) is 7.03. The number of carboxylic acid groups (broad SMARTS) is 1. The molecule has 0 saturated carbocycles. The summed E-state index contributed by atoms with van der Waals surface area (Å²) >= 11 is 0. The van der Waals surface area contributed by atoms with Gasteiger partial charge in [-0.25, -0.2) is 4.79 Å². The maximum atomic E-state index is 12.2. The predicted octanol–water partition coefficient (Wildman–Crippen LogP) is 3.36. The minimum atomic E-state index is -1.06. The van der Waals surface area contributed by atoms with Gasteiger partial charge >= 0.3 is 5.97 Å². The summed E-state index contributed by atoms with van der Waals surface area (Å²) in [7, 11) is 0. The number of amides is 1. The Morgan fingerprint density at radius 3 is 2.86 bits per heavy atom. The number of hydrogen-bond acceptors (Lipinski definition) is 4. The van der Waals surface area contributed by atoms with Crippen molar-refractivity contribution >= 4 is 11.9 Å². The van der Waals surface area contributed by atoms with Crippen LogP contribution >= 0.6 is 0 Å². The number of fused-ring (bicyclic) bond motifs is 1. The SMILES string of the molecule is O=C(O)COc1cccc(C(=O)NCCCOC2CCCc3ccccc32)c1. The molecule has 1 atom stereocenters. The van der Waals surface area contributed by atoms with Crippen LogP contribution in [0.2, 0.25) is 0 Å². The lowest BCUT2D eigenvalue weighted by atomic mass is 9.89. The molecule has 2 aromatic carbocycles. The van der Waals surface area contributed by atoms with Crippen molar-refractivity contribution < 1.29 is 24.2 Å². The van der Waals surface area contributed by atoms with Crippen molar-refractivity contribution in [1.82, 2.24) is 5.32 Å². The van der Waals surface area contributed by atoms with Gasteiger partial charge in [-0.2, -0.15) is 0 Å². The van der Waals surface area contributed by atoms with Crippen molar-refractivity contribution in [3.8, 4) is 5.75 Å². The molecule has 148 valence electrons. The van der Waals surface area contributed by atoms with E-state index in [9.17, 15) is 9.59 Å². The van der Waals surface area contributed by atoms with Crippen LogP contribution in [0.25, 0.3) is 0 Å². The molecular weight excluding hydrogens is 358 g/mol. The number of hydrogen-bond donors (Lipinski definition) is 2. The quantitative estimate of drug-likeness (QED) is 0.649. The lowest BCUT2D eigenvalue weighted by Gasteiger charge is -2.25. The van der Waals surface area contributed by atoms with Gasteiger partial charge in [-0.15, -0.1) is 0 Å². The number of aryl methyl sites for hydroxylation is 1. The van der Waals surface area contributed by atoms with Crippen molar-refractivity contribution in [3.63, 3.8) is 0 Å². The normalized spacial score (nSPS) is 15.5. The van der Waals surface area contributed by atoms with Crippen LogP contribution in [0.1, 0.15) is 46.9 Å². The second-order valence-corrected chi connectivity index (χ2v) is 6.77. The van der Waals surface area contributed by atoms with Crippen molar-refractivity contribution in [2.75, 3.05) is 19.8 Å². The van der Waals surface area contributed by atoms with Crippen LogP contribution in [0, 0.1) is 0 Å². The predicted molar refractivity (Wildman–Crippen MR) is 105 cm³/mol. The smallest absolute Gasteiger partial charge is 0.341 e. The van der Waals surface area contributed by atoms with Crippen LogP contribution < -0.4 is 10.1 Å². The second-order valence-electron chi connectivity index (χ2n) is 6.77. The first-order valence-corrected chi connectivity index (χ1v) is 9.56. The van der Waals surface area contributed by atoms with Crippen LogP contribution in [-0.4, -0.2) is 36.7 Å². The lowest BCUT2D eigenvalue weighted by Crippen LogP contribution is -2.25. The number of carboxylic acids is 1. The average Bonchev–Trinajstić information content (AvgIpc) is 2.72. The highest BCUT2D eigenvalue weighted by Gasteiger charge is 2.19. The first-order chi connectivity index (χ1) is 13.6. The summed E-state index contributed by atoms with van der Waals surface area (Å²) in [4.78, 5) is 22.8. The molecule has 0 fully saturated rings. The monoisotopic (exact) mass is 383 g/mol. The van der Waals surface area contributed by atoms with E-state index in [-0.39, 0.29) is 12.0 Å². The highest BCUT2D eigenvalue weighted by molar-refractivity contribution is 5.94. The third-order valence-corrected chi connectivity index (χ3v) is 4.70. The standard InChI is InChI=1S/C22H25NO5/c24-21(25)15-28-18-9-3-8-17(14-18)22(26)23-12-5-13-27-20-11-4-7-16-6-1-2-10-19(16)20/h1-3,6,8-10,14,20H,4-5,7,11-13,15H2,(H,23,26)(H,24,25). The molecule has 1 aliphatic rings. The van der Waals surface area contributed by atoms with Gasteiger partial charge in [-0.05, 0) is 55.0 Å². The van der Waals surface area contributed by atoms with Gasteiger partial charge in [0.15, 0.2) is 6.61 Å². The van der Waals surface area contributed by atoms with Gasteiger partial charge in [0.25, 0.3) is 5.91 Å². The summed E-state index contributed by atoms with van der Waals surface area (Å²) < 4.78 is 11.1. The van der Waals surface area contributed by atoms with Crippen molar-refractivity contribution in [1.29, 1.82) is 0 Å². The average molecular weight is 383 g/mol. The molecular formula is C22H25NO5. The van der Waals surface area contributed by atoms with E-state index in [4.69, 9.17) is 14.6 Å². The van der Waals surface area contributed by atoms with Crippen LogP contribution in [0.5, 0.6) is 5.75 Å². The molecule has 0 bridgehead atoms. The number of nitrogens with one attached hydrogen (secondary N) is 1. The molecule has 0 spiro atoms. The fraction of sp³-hybridized carbons (Fsp3) is 0.364. The fourth-order valence-electron chi connectivity index (χ4n) is 3.36. The highest BCUT2D eigenvalue weighted by atomic mass is 16.5. The zero-order valence-corrected chi connectivity index (χ0v) is 15.7. The third kappa shape index (κ3) is 5.57. The molecule has 1 unspecified atom stereocenters. The van der Waals surface area contributed by atoms with E-state index in [0.29, 0.717) is 24.5 Å². The van der Waals surface area contributed by atoms with E-state index in [1.165, 1.54) is 17.2 Å². The molecule has 2 aromatic rings. The molecule has 0 saturated heterocycles. The van der Waals surface area contributed by atoms with Crippen LogP contribution in [0.4, 0.5) is 0 Å². The van der Waals surface area contributed by atoms with Crippen molar-refractivity contribution in [2.45, 2.75) is 31.8 Å². The fourth-order valence-corrected chi connectivity index (χ4v) is 3.36. The van der Waals surface area contributed by atoms with Gasteiger partial charge < -0.3 is 19.9 Å². The molecule has 1 aliphatic carbocycles. The number of ether oxygens (including phenoxy) is 2. The van der Waals surface area contributed by atoms with Gasteiger partial charge in [0.05, 0.1) is 6.10 Å². The summed E-state index contributed by atoms with van der Waals surface area (Å²) in [5.41, 5.74) is 3.10. The largest absolute Gasteiger partial charge is 0.482 e. The summed E-state index contributed by atoms with van der Waals surface area (Å²) in [6, 6.07) is 14.9. The Hall–Kier alpha value is -2.86. The maximum Gasteiger partial charge on any atom is 0.341 e. The van der Waals surface area contributed by atoms with Crippen LogP contribution in [-0.2, 0) is 16.0 Å². The van der Waals surface area contributed by atoms with Crippen molar-refractivity contribution in [2.24, 2.45) is 0 Å².